The van der Waals surface area contributed by atoms with E-state index >= 15 is 0 Å². The molecule has 0 atom stereocenters. The molecule has 0 radical (unpaired) electrons. The van der Waals surface area contributed by atoms with E-state index < -0.39 is 16.0 Å². The minimum atomic E-state index is -3.71. The maximum Gasteiger partial charge on any atom is 0.337 e. The van der Waals surface area contributed by atoms with Crippen molar-refractivity contribution in [1.29, 1.82) is 0 Å². The first kappa shape index (κ1) is 19.7. The van der Waals surface area contributed by atoms with Gasteiger partial charge >= 0.3 is 5.97 Å². The van der Waals surface area contributed by atoms with E-state index in [1.807, 2.05) is 0 Å². The van der Waals surface area contributed by atoms with Gasteiger partial charge in [-0.15, -0.1) is 12.4 Å². The lowest BCUT2D eigenvalue weighted by Crippen LogP contribution is -2.42. The third kappa shape index (κ3) is 4.81. The molecule has 1 heterocycles. The van der Waals surface area contributed by atoms with Crippen molar-refractivity contribution in [3.8, 4) is 5.75 Å². The van der Waals surface area contributed by atoms with E-state index in [4.69, 9.17) is 4.74 Å². The molecule has 1 aromatic rings. The van der Waals surface area contributed by atoms with Crippen LogP contribution >= 0.6 is 12.4 Å². The first-order chi connectivity index (χ1) is 10.5. The fraction of sp³-hybridized carbons (Fsp3) is 0.500. The Balaban J connectivity index is 0.00000264. The van der Waals surface area contributed by atoms with Gasteiger partial charge in [-0.05, 0) is 44.1 Å². The summed E-state index contributed by atoms with van der Waals surface area (Å²) in [5.74, 6) is -0.433. The predicted octanol–water partition coefficient (Wildman–Crippen LogP) is 0.934. The van der Waals surface area contributed by atoms with Crippen molar-refractivity contribution in [2.24, 2.45) is 0 Å². The number of esters is 1. The number of benzene rings is 1. The number of hydrogen-bond acceptors (Lipinski definition) is 6. The van der Waals surface area contributed by atoms with Crippen LogP contribution in [-0.2, 0) is 14.8 Å². The van der Waals surface area contributed by atoms with Gasteiger partial charge in [0.2, 0.25) is 10.0 Å². The number of nitrogens with one attached hydrogen (secondary N) is 2. The van der Waals surface area contributed by atoms with Gasteiger partial charge in [0.05, 0.1) is 19.8 Å². The summed E-state index contributed by atoms with van der Waals surface area (Å²) < 4.78 is 37.4. The molecule has 1 saturated heterocycles. The van der Waals surface area contributed by atoms with Gasteiger partial charge in [-0.2, -0.15) is 0 Å². The molecular formula is C14H21ClN2O5S. The number of carbonyl (C=O) groups excluding carboxylic acids is 1. The summed E-state index contributed by atoms with van der Waals surface area (Å²) in [5, 5.41) is 3.18. The van der Waals surface area contributed by atoms with Crippen molar-refractivity contribution in [2.45, 2.75) is 23.8 Å². The summed E-state index contributed by atoms with van der Waals surface area (Å²) in [4.78, 5) is 11.5. The first-order valence-corrected chi connectivity index (χ1v) is 8.45. The molecule has 0 saturated carbocycles. The topological polar surface area (TPSA) is 93.7 Å². The number of methoxy groups -OCH3 is 2. The van der Waals surface area contributed by atoms with Crippen LogP contribution < -0.4 is 14.8 Å². The Hall–Kier alpha value is -1.35. The van der Waals surface area contributed by atoms with Crippen molar-refractivity contribution in [3.05, 3.63) is 23.8 Å². The molecule has 1 fully saturated rings. The highest BCUT2D eigenvalue weighted by atomic mass is 35.5. The molecule has 0 amide bonds. The molecule has 23 heavy (non-hydrogen) atoms. The van der Waals surface area contributed by atoms with Gasteiger partial charge in [-0.25, -0.2) is 17.9 Å². The average Bonchev–Trinajstić information content (AvgIpc) is 2.54. The molecule has 1 aromatic carbocycles. The Labute approximate surface area is 142 Å². The van der Waals surface area contributed by atoms with E-state index in [9.17, 15) is 13.2 Å². The molecule has 0 aliphatic carbocycles. The van der Waals surface area contributed by atoms with Crippen LogP contribution in [0.5, 0.6) is 5.75 Å². The number of sulfonamides is 1. The molecule has 0 unspecified atom stereocenters. The zero-order valence-electron chi connectivity index (χ0n) is 13.0. The summed E-state index contributed by atoms with van der Waals surface area (Å²) in [6.45, 7) is 1.57. The second-order valence-electron chi connectivity index (χ2n) is 5.00. The third-order valence-corrected chi connectivity index (χ3v) is 5.10. The standard InChI is InChI=1S/C14H20N2O5S.ClH/c1-20-12-9-10(14(17)21-2)3-4-13(12)22(18,19)16-11-5-7-15-8-6-11;/h3-4,9,11,15-16H,5-8H2,1-2H3;1H. The maximum absolute atomic E-state index is 12.5. The van der Waals surface area contributed by atoms with Crippen LogP contribution in [0.15, 0.2) is 23.1 Å². The third-order valence-electron chi connectivity index (χ3n) is 3.54. The van der Waals surface area contributed by atoms with E-state index in [0.717, 1.165) is 25.9 Å². The highest BCUT2D eigenvalue weighted by molar-refractivity contribution is 7.89. The lowest BCUT2D eigenvalue weighted by Gasteiger charge is -2.24. The Kier molecular flexibility index (Phi) is 7.27. The summed E-state index contributed by atoms with van der Waals surface area (Å²) in [6.07, 6.45) is 1.48. The van der Waals surface area contributed by atoms with Crippen LogP contribution in [0.3, 0.4) is 0 Å². The monoisotopic (exact) mass is 364 g/mol. The van der Waals surface area contributed by atoms with Crippen LogP contribution in [0.2, 0.25) is 0 Å². The van der Waals surface area contributed by atoms with E-state index in [1.54, 1.807) is 0 Å². The molecule has 0 aromatic heterocycles. The molecular weight excluding hydrogens is 344 g/mol. The molecule has 9 heteroatoms. The van der Waals surface area contributed by atoms with Gasteiger partial charge in [0, 0.05) is 6.04 Å². The number of rotatable bonds is 5. The van der Waals surface area contributed by atoms with Crippen LogP contribution in [0.1, 0.15) is 23.2 Å². The number of hydrogen-bond donors (Lipinski definition) is 2. The SMILES string of the molecule is COC(=O)c1ccc(S(=O)(=O)NC2CCNCC2)c(OC)c1.Cl. The van der Waals surface area contributed by atoms with Crippen molar-refractivity contribution in [2.75, 3.05) is 27.3 Å². The van der Waals surface area contributed by atoms with E-state index in [2.05, 4.69) is 14.8 Å². The van der Waals surface area contributed by atoms with Crippen LogP contribution in [0, 0.1) is 0 Å². The quantitative estimate of drug-likeness (QED) is 0.755. The highest BCUT2D eigenvalue weighted by Gasteiger charge is 2.25. The lowest BCUT2D eigenvalue weighted by atomic mass is 10.1. The largest absolute Gasteiger partial charge is 0.495 e. The van der Waals surface area contributed by atoms with Crippen molar-refractivity contribution in [1.82, 2.24) is 10.0 Å². The molecule has 7 nitrogen and oxygen atoms in total. The molecule has 1 aliphatic rings. The van der Waals surface area contributed by atoms with Crippen LogP contribution in [0.25, 0.3) is 0 Å². The Morgan fingerprint density at radius 3 is 2.48 bits per heavy atom. The second kappa shape index (κ2) is 8.49. The zero-order chi connectivity index (χ0) is 16.2. The molecule has 2 rings (SSSR count). The predicted molar refractivity (Wildman–Crippen MR) is 87.8 cm³/mol. The van der Waals surface area contributed by atoms with Crippen molar-refractivity contribution >= 4 is 28.4 Å². The Morgan fingerprint density at radius 1 is 1.26 bits per heavy atom. The van der Waals surface area contributed by atoms with Crippen molar-refractivity contribution in [3.63, 3.8) is 0 Å². The lowest BCUT2D eigenvalue weighted by molar-refractivity contribution is 0.0600. The van der Waals surface area contributed by atoms with Crippen LogP contribution in [-0.4, -0.2) is 47.7 Å². The average molecular weight is 365 g/mol. The molecule has 1 aliphatic heterocycles. The Bertz CT molecular complexity index is 645. The molecule has 0 spiro atoms. The minimum Gasteiger partial charge on any atom is -0.495 e. The normalized spacial score (nSPS) is 15.6. The summed E-state index contributed by atoms with van der Waals surface area (Å²) in [7, 11) is -1.08. The zero-order valence-corrected chi connectivity index (χ0v) is 14.6. The van der Waals surface area contributed by atoms with Gasteiger partial charge in [0.25, 0.3) is 0 Å². The van der Waals surface area contributed by atoms with E-state index in [-0.39, 0.29) is 34.7 Å². The summed E-state index contributed by atoms with van der Waals surface area (Å²) in [5.41, 5.74) is 0.236. The minimum absolute atomic E-state index is 0. The van der Waals surface area contributed by atoms with Gasteiger partial charge < -0.3 is 14.8 Å². The van der Waals surface area contributed by atoms with Crippen LogP contribution in [0.4, 0.5) is 0 Å². The van der Waals surface area contributed by atoms with E-state index in [1.165, 1.54) is 32.4 Å². The number of piperidine rings is 1. The van der Waals surface area contributed by atoms with Gasteiger partial charge in [0.1, 0.15) is 10.6 Å². The number of halogens is 1. The number of ether oxygens (including phenoxy) is 2. The number of carbonyl (C=O) groups is 1. The summed E-state index contributed by atoms with van der Waals surface area (Å²) in [6, 6.07) is 4.03. The summed E-state index contributed by atoms with van der Waals surface area (Å²) >= 11 is 0. The maximum atomic E-state index is 12.5. The molecule has 130 valence electrons. The van der Waals surface area contributed by atoms with Gasteiger partial charge in [-0.3, -0.25) is 0 Å². The fourth-order valence-electron chi connectivity index (χ4n) is 2.36. The first-order valence-electron chi connectivity index (χ1n) is 6.97. The van der Waals surface area contributed by atoms with Gasteiger partial charge in [-0.1, -0.05) is 0 Å². The molecule has 0 bridgehead atoms. The Morgan fingerprint density at radius 2 is 1.91 bits per heavy atom. The second-order valence-corrected chi connectivity index (χ2v) is 6.69. The van der Waals surface area contributed by atoms with E-state index in [0.29, 0.717) is 0 Å². The fourth-order valence-corrected chi connectivity index (χ4v) is 3.81. The smallest absolute Gasteiger partial charge is 0.337 e. The highest BCUT2D eigenvalue weighted by Crippen LogP contribution is 2.26. The molecule has 2 N–H and O–H groups in total. The van der Waals surface area contributed by atoms with Gasteiger partial charge in [0.15, 0.2) is 0 Å². The van der Waals surface area contributed by atoms with Crippen molar-refractivity contribution < 1.29 is 22.7 Å².